The minimum atomic E-state index is -0.237. The largest absolute Gasteiger partial charge is 0.485 e. The van der Waals surface area contributed by atoms with Crippen molar-refractivity contribution in [1.29, 1.82) is 0 Å². The fourth-order valence-electron chi connectivity index (χ4n) is 3.19. The van der Waals surface area contributed by atoms with Crippen molar-refractivity contribution < 1.29 is 13.9 Å². The van der Waals surface area contributed by atoms with E-state index in [2.05, 4.69) is 0 Å². The number of nitrogens with zero attached hydrogens (tertiary/aromatic N) is 3. The van der Waals surface area contributed by atoms with Gasteiger partial charge in [0.15, 0.2) is 17.2 Å². The number of anilines is 1. The number of furan rings is 1. The molecular weight excluding hydrogens is 390 g/mol. The number of rotatable bonds is 6. The number of amides is 1. The Morgan fingerprint density at radius 1 is 1.21 bits per heavy atom. The van der Waals surface area contributed by atoms with Crippen LogP contribution in [-0.4, -0.2) is 22.3 Å². The number of halogens is 1. The molecule has 0 aliphatic heterocycles. The molecule has 1 aromatic carbocycles. The summed E-state index contributed by atoms with van der Waals surface area (Å²) in [6.07, 6.45) is 4.03. The van der Waals surface area contributed by atoms with Crippen LogP contribution in [0.2, 0.25) is 5.02 Å². The Labute approximate surface area is 173 Å². The monoisotopic (exact) mass is 409 g/mol. The van der Waals surface area contributed by atoms with Gasteiger partial charge in [-0.25, -0.2) is 4.98 Å². The summed E-state index contributed by atoms with van der Waals surface area (Å²) in [6, 6.07) is 14.6. The van der Waals surface area contributed by atoms with Crippen LogP contribution in [0.15, 0.2) is 65.4 Å². The van der Waals surface area contributed by atoms with Crippen LogP contribution in [0.4, 0.5) is 5.82 Å². The van der Waals surface area contributed by atoms with E-state index >= 15 is 0 Å². The Balaban J connectivity index is 1.68. The zero-order chi connectivity index (χ0) is 20.4. The van der Waals surface area contributed by atoms with Crippen LogP contribution < -0.4 is 9.64 Å². The van der Waals surface area contributed by atoms with Crippen molar-refractivity contribution in [3.8, 4) is 5.75 Å². The molecule has 0 bridgehead atoms. The Morgan fingerprint density at radius 3 is 2.69 bits per heavy atom. The molecule has 0 atom stereocenters. The molecule has 0 spiro atoms. The van der Waals surface area contributed by atoms with Crippen molar-refractivity contribution in [2.45, 2.75) is 20.0 Å². The minimum Gasteiger partial charge on any atom is -0.485 e. The molecular formula is C22H20ClN3O3. The number of aromatic nitrogens is 2. The van der Waals surface area contributed by atoms with Crippen LogP contribution in [0.5, 0.6) is 5.75 Å². The first-order chi connectivity index (χ1) is 14.1. The second-order valence-corrected chi connectivity index (χ2v) is 6.99. The predicted molar refractivity (Wildman–Crippen MR) is 112 cm³/mol. The number of aryl methyl sites for hydroxylation is 1. The fourth-order valence-corrected chi connectivity index (χ4v) is 3.31. The first-order valence-electron chi connectivity index (χ1n) is 9.27. The molecule has 3 heterocycles. The van der Waals surface area contributed by atoms with Gasteiger partial charge in [-0.15, -0.1) is 0 Å². The van der Waals surface area contributed by atoms with Gasteiger partial charge in [-0.3, -0.25) is 14.1 Å². The first kappa shape index (κ1) is 19.1. The molecule has 0 aliphatic rings. The van der Waals surface area contributed by atoms with Crippen LogP contribution in [0.25, 0.3) is 5.65 Å². The summed E-state index contributed by atoms with van der Waals surface area (Å²) in [6.45, 7) is 2.40. The molecule has 1 amide bonds. The maximum absolute atomic E-state index is 12.8. The quantitative estimate of drug-likeness (QED) is 0.449. The summed E-state index contributed by atoms with van der Waals surface area (Å²) in [5.74, 6) is 1.38. The number of hydrogen-bond donors (Lipinski definition) is 0. The normalized spacial score (nSPS) is 11.0. The Kier molecular flexibility index (Phi) is 5.27. The molecule has 148 valence electrons. The number of fused-ring (bicyclic) bond motifs is 1. The van der Waals surface area contributed by atoms with Gasteiger partial charge in [-0.05, 0) is 48.4 Å². The maximum atomic E-state index is 12.8. The molecule has 29 heavy (non-hydrogen) atoms. The lowest BCUT2D eigenvalue weighted by Gasteiger charge is -2.17. The van der Waals surface area contributed by atoms with E-state index in [1.54, 1.807) is 24.1 Å². The highest BCUT2D eigenvalue weighted by molar-refractivity contribution is 6.30. The van der Waals surface area contributed by atoms with Crippen LogP contribution in [0.1, 0.15) is 28.7 Å². The van der Waals surface area contributed by atoms with Crippen molar-refractivity contribution >= 4 is 29.0 Å². The van der Waals surface area contributed by atoms with E-state index in [-0.39, 0.29) is 11.7 Å². The molecule has 0 saturated heterocycles. The van der Waals surface area contributed by atoms with Gasteiger partial charge in [-0.2, -0.15) is 0 Å². The van der Waals surface area contributed by atoms with Gasteiger partial charge in [0.25, 0.3) is 5.91 Å². The summed E-state index contributed by atoms with van der Waals surface area (Å²) < 4.78 is 13.2. The van der Waals surface area contributed by atoms with Gasteiger partial charge in [0, 0.05) is 18.3 Å². The van der Waals surface area contributed by atoms with Crippen LogP contribution >= 0.6 is 11.6 Å². The van der Waals surface area contributed by atoms with Crippen molar-refractivity contribution in [2.75, 3.05) is 11.9 Å². The zero-order valence-electron chi connectivity index (χ0n) is 16.1. The summed E-state index contributed by atoms with van der Waals surface area (Å²) in [4.78, 5) is 19.1. The molecule has 0 fully saturated rings. The lowest BCUT2D eigenvalue weighted by atomic mass is 10.2. The molecule has 4 rings (SSSR count). The Bertz CT molecular complexity index is 1130. The zero-order valence-corrected chi connectivity index (χ0v) is 16.9. The number of imidazole rings is 1. The Morgan fingerprint density at radius 2 is 2.00 bits per heavy atom. The molecule has 0 radical (unpaired) electrons. The highest BCUT2D eigenvalue weighted by Gasteiger charge is 2.24. The smallest absolute Gasteiger partial charge is 0.294 e. The predicted octanol–water partition coefficient (Wildman–Crippen LogP) is 5.00. The molecule has 0 N–H and O–H groups in total. The number of carbonyl (C=O) groups is 1. The molecule has 0 saturated carbocycles. The third-order valence-electron chi connectivity index (χ3n) is 4.66. The highest BCUT2D eigenvalue weighted by atomic mass is 35.5. The summed E-state index contributed by atoms with van der Waals surface area (Å²) in [7, 11) is 1.72. The van der Waals surface area contributed by atoms with E-state index in [1.165, 1.54) is 6.26 Å². The molecule has 4 aromatic rings. The van der Waals surface area contributed by atoms with E-state index in [1.807, 2.05) is 53.9 Å². The topological polar surface area (TPSA) is 60.0 Å². The number of benzene rings is 1. The number of pyridine rings is 1. The van der Waals surface area contributed by atoms with E-state index in [9.17, 15) is 4.79 Å². The molecule has 7 heteroatoms. The van der Waals surface area contributed by atoms with E-state index in [0.717, 1.165) is 11.3 Å². The third-order valence-corrected chi connectivity index (χ3v) is 4.91. The van der Waals surface area contributed by atoms with Crippen molar-refractivity contribution in [2.24, 2.45) is 0 Å². The van der Waals surface area contributed by atoms with Gasteiger partial charge in [0.05, 0.1) is 12.0 Å². The maximum Gasteiger partial charge on any atom is 0.294 e. The summed E-state index contributed by atoms with van der Waals surface area (Å²) >= 11 is 5.94. The highest BCUT2D eigenvalue weighted by Crippen LogP contribution is 2.29. The Hall–Kier alpha value is -3.25. The fraction of sp³-hybridized carbons (Fsp3) is 0.182. The molecule has 3 aromatic heterocycles. The van der Waals surface area contributed by atoms with Crippen LogP contribution in [0.3, 0.4) is 0 Å². The van der Waals surface area contributed by atoms with E-state index < -0.39 is 0 Å². The van der Waals surface area contributed by atoms with Gasteiger partial charge in [0.1, 0.15) is 12.4 Å². The molecule has 0 unspecified atom stereocenters. The summed E-state index contributed by atoms with van der Waals surface area (Å²) in [5.41, 5.74) is 2.46. The average Bonchev–Trinajstić information content (AvgIpc) is 3.40. The van der Waals surface area contributed by atoms with Gasteiger partial charge < -0.3 is 9.15 Å². The second-order valence-electron chi connectivity index (χ2n) is 6.56. The van der Waals surface area contributed by atoms with E-state index in [0.29, 0.717) is 35.3 Å². The van der Waals surface area contributed by atoms with Gasteiger partial charge in [0.2, 0.25) is 0 Å². The lowest BCUT2D eigenvalue weighted by molar-refractivity contribution is 0.0965. The van der Waals surface area contributed by atoms with Gasteiger partial charge in [-0.1, -0.05) is 30.7 Å². The number of hydrogen-bond acceptors (Lipinski definition) is 4. The minimum absolute atomic E-state index is 0.237. The average molecular weight is 410 g/mol. The van der Waals surface area contributed by atoms with E-state index in [4.69, 9.17) is 25.7 Å². The van der Waals surface area contributed by atoms with Gasteiger partial charge >= 0.3 is 0 Å². The van der Waals surface area contributed by atoms with Crippen molar-refractivity contribution in [1.82, 2.24) is 9.38 Å². The first-order valence-corrected chi connectivity index (χ1v) is 9.65. The summed E-state index contributed by atoms with van der Waals surface area (Å²) in [5, 5.41) is 0.686. The lowest BCUT2D eigenvalue weighted by Crippen LogP contribution is -2.28. The SMILES string of the molecule is CCc1nc2c(OCc3ccc(Cl)cc3)cccn2c1N(C)C(=O)c1ccco1. The third kappa shape index (κ3) is 3.71. The standard InChI is InChI=1S/C22H20ClN3O3/c1-3-17-21(25(2)22(27)19-7-5-13-28-19)26-12-4-6-18(20(26)24-17)29-14-15-8-10-16(23)11-9-15/h4-13H,3,14H2,1-2H3. The number of carbonyl (C=O) groups excluding carboxylic acids is 1. The van der Waals surface area contributed by atoms with Crippen LogP contribution in [0, 0.1) is 0 Å². The molecule has 0 aliphatic carbocycles. The molecule has 6 nitrogen and oxygen atoms in total. The van der Waals surface area contributed by atoms with Crippen molar-refractivity contribution in [3.05, 3.63) is 83.0 Å². The van der Waals surface area contributed by atoms with Crippen LogP contribution in [-0.2, 0) is 13.0 Å². The number of ether oxygens (including phenoxy) is 1. The van der Waals surface area contributed by atoms with Crippen molar-refractivity contribution in [3.63, 3.8) is 0 Å². The second kappa shape index (κ2) is 8.01.